The average molecular weight is 372 g/mol. The van der Waals surface area contributed by atoms with E-state index < -0.39 is 11.6 Å². The summed E-state index contributed by atoms with van der Waals surface area (Å²) in [5, 5.41) is 2.84. The second-order valence-electron chi connectivity index (χ2n) is 6.37. The summed E-state index contributed by atoms with van der Waals surface area (Å²) in [6.07, 6.45) is 6.56. The summed E-state index contributed by atoms with van der Waals surface area (Å²) in [7, 11) is 0. The number of rotatable bonds is 5. The Morgan fingerprint density at radius 3 is 3.11 bits per heavy atom. The largest absolute Gasteiger partial charge is 0.376 e. The number of halogens is 2. The third-order valence-corrected chi connectivity index (χ3v) is 4.57. The molecule has 1 atom stereocenters. The van der Waals surface area contributed by atoms with Gasteiger partial charge in [0, 0.05) is 24.9 Å². The maximum Gasteiger partial charge on any atom is 0.267 e. The fourth-order valence-electron chi connectivity index (χ4n) is 3.16. The molecule has 1 fully saturated rings. The van der Waals surface area contributed by atoms with Crippen LogP contribution in [-0.4, -0.2) is 39.7 Å². The molecule has 0 radical (unpaired) electrons. The number of imidazole rings is 1. The lowest BCUT2D eigenvalue weighted by Crippen LogP contribution is -2.31. The molecule has 140 valence electrons. The maximum atomic E-state index is 14.1. The molecule has 6 nitrogen and oxygen atoms in total. The minimum atomic E-state index is -0.957. The van der Waals surface area contributed by atoms with Crippen molar-refractivity contribution in [2.75, 3.05) is 13.2 Å². The summed E-state index contributed by atoms with van der Waals surface area (Å²) in [4.78, 5) is 19.3. The van der Waals surface area contributed by atoms with Crippen molar-refractivity contribution in [3.8, 4) is 16.9 Å². The van der Waals surface area contributed by atoms with Crippen LogP contribution in [0.25, 0.3) is 16.9 Å². The van der Waals surface area contributed by atoms with E-state index in [1.807, 2.05) is 0 Å². The number of carbonyl (C=O) groups is 1. The van der Waals surface area contributed by atoms with Gasteiger partial charge in [0.05, 0.1) is 30.0 Å². The molecule has 27 heavy (non-hydrogen) atoms. The highest BCUT2D eigenvalue weighted by atomic mass is 19.2. The van der Waals surface area contributed by atoms with E-state index >= 15 is 0 Å². The predicted octanol–water partition coefficient (Wildman–Crippen LogP) is 3.05. The highest BCUT2D eigenvalue weighted by Gasteiger charge is 2.19. The van der Waals surface area contributed by atoms with Crippen LogP contribution in [0.2, 0.25) is 0 Å². The summed E-state index contributed by atoms with van der Waals surface area (Å²) in [6, 6.07) is 5.60. The average Bonchev–Trinajstić information content (AvgIpc) is 3.42. The Morgan fingerprint density at radius 2 is 2.30 bits per heavy atom. The first-order valence-electron chi connectivity index (χ1n) is 8.69. The fraction of sp³-hybridized carbons (Fsp3) is 0.263. The normalized spacial score (nSPS) is 16.6. The van der Waals surface area contributed by atoms with Crippen LogP contribution in [0.4, 0.5) is 8.78 Å². The summed E-state index contributed by atoms with van der Waals surface area (Å²) >= 11 is 0. The molecule has 1 aliphatic heterocycles. The molecule has 3 heterocycles. The van der Waals surface area contributed by atoms with Crippen LogP contribution in [0.3, 0.4) is 0 Å². The molecule has 0 saturated carbocycles. The minimum absolute atomic E-state index is 0.0492. The van der Waals surface area contributed by atoms with E-state index in [1.165, 1.54) is 29.2 Å². The zero-order valence-electron chi connectivity index (χ0n) is 14.4. The van der Waals surface area contributed by atoms with Gasteiger partial charge in [-0.1, -0.05) is 6.07 Å². The predicted molar refractivity (Wildman–Crippen MR) is 94.6 cm³/mol. The van der Waals surface area contributed by atoms with Gasteiger partial charge < -0.3 is 15.0 Å². The van der Waals surface area contributed by atoms with Gasteiger partial charge in [-0.2, -0.15) is 0 Å². The Kier molecular flexibility index (Phi) is 4.72. The van der Waals surface area contributed by atoms with E-state index in [2.05, 4.69) is 15.3 Å². The lowest BCUT2D eigenvalue weighted by molar-refractivity contribution is 0.0854. The molecule has 3 aromatic rings. The number of nitrogens with one attached hydrogen (secondary N) is 2. The molecule has 2 aromatic heterocycles. The second-order valence-corrected chi connectivity index (χ2v) is 6.37. The molecule has 4 rings (SSSR count). The zero-order chi connectivity index (χ0) is 18.8. The number of hydrogen-bond acceptors (Lipinski definition) is 3. The topological polar surface area (TPSA) is 71.9 Å². The fourth-order valence-corrected chi connectivity index (χ4v) is 3.16. The van der Waals surface area contributed by atoms with Gasteiger partial charge in [0.1, 0.15) is 5.69 Å². The van der Waals surface area contributed by atoms with Crippen LogP contribution >= 0.6 is 0 Å². The molecule has 1 saturated heterocycles. The van der Waals surface area contributed by atoms with Gasteiger partial charge in [0.2, 0.25) is 0 Å². The molecule has 0 spiro atoms. The molecule has 0 unspecified atom stereocenters. The van der Waals surface area contributed by atoms with E-state index in [-0.39, 0.29) is 17.7 Å². The first-order valence-corrected chi connectivity index (χ1v) is 8.69. The number of nitrogens with zero attached hydrogens (tertiary/aromatic N) is 2. The molecule has 0 aliphatic carbocycles. The van der Waals surface area contributed by atoms with E-state index in [4.69, 9.17) is 4.74 Å². The SMILES string of the molecule is O=C(NC[C@@H]1CCCO1)c1cc(-c2cncn2-c2cccc(F)c2F)c[nH]1. The first kappa shape index (κ1) is 17.4. The number of carbonyl (C=O) groups excluding carboxylic acids is 1. The Morgan fingerprint density at radius 1 is 1.41 bits per heavy atom. The number of aromatic amines is 1. The van der Waals surface area contributed by atoms with Gasteiger partial charge in [-0.25, -0.2) is 13.8 Å². The summed E-state index contributed by atoms with van der Waals surface area (Å²) in [5.41, 5.74) is 1.59. The highest BCUT2D eigenvalue weighted by molar-refractivity contribution is 5.93. The molecular weight excluding hydrogens is 354 g/mol. The van der Waals surface area contributed by atoms with E-state index in [0.717, 1.165) is 25.5 Å². The maximum absolute atomic E-state index is 14.1. The Bertz CT molecular complexity index is 960. The third-order valence-electron chi connectivity index (χ3n) is 4.57. The second kappa shape index (κ2) is 7.32. The van der Waals surface area contributed by atoms with Crippen molar-refractivity contribution in [2.24, 2.45) is 0 Å². The molecule has 8 heteroatoms. The molecule has 0 bridgehead atoms. The van der Waals surface area contributed by atoms with Crippen LogP contribution in [0, 0.1) is 11.6 Å². The van der Waals surface area contributed by atoms with E-state index in [0.29, 0.717) is 23.5 Å². The highest BCUT2D eigenvalue weighted by Crippen LogP contribution is 2.25. The molecule has 1 amide bonds. The van der Waals surface area contributed by atoms with Crippen LogP contribution in [-0.2, 0) is 4.74 Å². The summed E-state index contributed by atoms with van der Waals surface area (Å²) < 4.78 is 34.6. The zero-order valence-corrected chi connectivity index (χ0v) is 14.4. The number of H-pyrrole nitrogens is 1. The van der Waals surface area contributed by atoms with Crippen LogP contribution < -0.4 is 5.32 Å². The van der Waals surface area contributed by atoms with Crippen molar-refractivity contribution in [1.29, 1.82) is 0 Å². The van der Waals surface area contributed by atoms with Gasteiger partial charge >= 0.3 is 0 Å². The minimum Gasteiger partial charge on any atom is -0.376 e. The van der Waals surface area contributed by atoms with Crippen molar-refractivity contribution in [2.45, 2.75) is 18.9 Å². The van der Waals surface area contributed by atoms with E-state index in [9.17, 15) is 13.6 Å². The van der Waals surface area contributed by atoms with Crippen molar-refractivity contribution < 1.29 is 18.3 Å². The van der Waals surface area contributed by atoms with Crippen LogP contribution in [0.1, 0.15) is 23.3 Å². The monoisotopic (exact) mass is 372 g/mol. The standard InChI is InChI=1S/C19H18F2N4O2/c20-14-4-1-5-16(18(14)21)25-11-22-10-17(25)12-7-15(23-8-12)19(26)24-9-13-3-2-6-27-13/h1,4-5,7-8,10-11,13,23H,2-3,6,9H2,(H,24,26)/t13-/m0/s1. The van der Waals surface area contributed by atoms with Gasteiger partial charge in [-0.3, -0.25) is 9.36 Å². The number of aromatic nitrogens is 3. The number of amides is 1. The Balaban J connectivity index is 1.55. The third kappa shape index (κ3) is 3.48. The molecule has 1 aromatic carbocycles. The van der Waals surface area contributed by atoms with Crippen molar-refractivity contribution in [3.05, 3.63) is 60.3 Å². The Labute approximate surface area is 154 Å². The lowest BCUT2D eigenvalue weighted by Gasteiger charge is -2.10. The quantitative estimate of drug-likeness (QED) is 0.723. The number of hydrogen-bond donors (Lipinski definition) is 2. The van der Waals surface area contributed by atoms with Crippen molar-refractivity contribution in [1.82, 2.24) is 19.9 Å². The Hall–Kier alpha value is -3.00. The molecular formula is C19H18F2N4O2. The summed E-state index contributed by atoms with van der Waals surface area (Å²) in [5.74, 6) is -2.14. The summed E-state index contributed by atoms with van der Waals surface area (Å²) in [6.45, 7) is 1.19. The molecule has 2 N–H and O–H groups in total. The van der Waals surface area contributed by atoms with Crippen molar-refractivity contribution >= 4 is 5.91 Å². The van der Waals surface area contributed by atoms with Crippen LogP contribution in [0.15, 0.2) is 43.0 Å². The number of benzene rings is 1. The van der Waals surface area contributed by atoms with Crippen LogP contribution in [0.5, 0.6) is 0 Å². The van der Waals surface area contributed by atoms with Gasteiger partial charge in [0.15, 0.2) is 11.6 Å². The van der Waals surface area contributed by atoms with Gasteiger partial charge in [0.25, 0.3) is 5.91 Å². The van der Waals surface area contributed by atoms with Gasteiger partial charge in [-0.15, -0.1) is 0 Å². The number of ether oxygens (including phenoxy) is 1. The van der Waals surface area contributed by atoms with Gasteiger partial charge in [-0.05, 0) is 31.0 Å². The smallest absolute Gasteiger partial charge is 0.267 e. The first-order chi connectivity index (χ1) is 13.1. The lowest BCUT2D eigenvalue weighted by atomic mass is 10.2. The van der Waals surface area contributed by atoms with Crippen molar-refractivity contribution in [3.63, 3.8) is 0 Å². The molecule has 1 aliphatic rings. The van der Waals surface area contributed by atoms with E-state index in [1.54, 1.807) is 12.3 Å².